The molecule has 0 aliphatic carbocycles. The summed E-state index contributed by atoms with van der Waals surface area (Å²) in [5.74, 6) is -1.85. The van der Waals surface area contributed by atoms with E-state index in [-0.39, 0.29) is 73.0 Å². The van der Waals surface area contributed by atoms with Crippen LogP contribution in [0.3, 0.4) is 0 Å². The van der Waals surface area contributed by atoms with Gasteiger partial charge in [-0.25, -0.2) is 30.9 Å². The van der Waals surface area contributed by atoms with Gasteiger partial charge in [-0.3, -0.25) is 28.3 Å². The lowest BCUT2D eigenvalue weighted by Crippen LogP contribution is -2.41. The highest BCUT2D eigenvalue weighted by atomic mass is 32.2. The molecule has 60 heavy (non-hydrogen) atoms. The molecule has 20 heteroatoms. The van der Waals surface area contributed by atoms with Gasteiger partial charge in [0.1, 0.15) is 11.3 Å². The van der Waals surface area contributed by atoms with E-state index in [1.165, 1.54) is 30.8 Å². The van der Waals surface area contributed by atoms with E-state index in [1.54, 1.807) is 72.2 Å². The summed E-state index contributed by atoms with van der Waals surface area (Å²) in [7, 11) is -6.07. The van der Waals surface area contributed by atoms with Gasteiger partial charge < -0.3 is 20.2 Å². The highest BCUT2D eigenvalue weighted by Gasteiger charge is 2.34. The van der Waals surface area contributed by atoms with E-state index in [4.69, 9.17) is 0 Å². The van der Waals surface area contributed by atoms with Crippen LogP contribution in [0, 0.1) is 6.92 Å². The number of hydrogen-bond donors (Lipinski definition) is 3. The van der Waals surface area contributed by atoms with Crippen molar-refractivity contribution in [2.45, 2.75) is 56.9 Å². The first-order chi connectivity index (χ1) is 28.5. The molecule has 0 fully saturated rings. The molecule has 0 spiro atoms. The normalized spacial score (nSPS) is 11.9. The van der Waals surface area contributed by atoms with Crippen molar-refractivity contribution in [1.82, 2.24) is 34.0 Å². The number of imidazole rings is 1. The van der Waals surface area contributed by atoms with Crippen LogP contribution >= 0.6 is 0 Å². The number of H-pyrrole nitrogens is 1. The van der Waals surface area contributed by atoms with Crippen LogP contribution in [0.4, 0.5) is 0 Å². The molecule has 316 valence electrons. The molecule has 0 atom stereocenters. The summed E-state index contributed by atoms with van der Waals surface area (Å²) < 4.78 is 67.5. The van der Waals surface area contributed by atoms with Crippen molar-refractivity contribution in [3.63, 3.8) is 0 Å². The highest BCUT2D eigenvalue weighted by Crippen LogP contribution is 2.29. The van der Waals surface area contributed by atoms with Gasteiger partial charge in [0.05, 0.1) is 38.0 Å². The zero-order valence-electron chi connectivity index (χ0n) is 33.1. The number of rotatable bonds is 17. The Labute approximate surface area is 344 Å². The minimum Gasteiger partial charge on any atom is -0.748 e. The zero-order chi connectivity index (χ0) is 43.4. The molecule has 0 unspecified atom stereocenters. The summed E-state index contributed by atoms with van der Waals surface area (Å²) in [4.78, 5) is 71.9. The third-order valence-corrected chi connectivity index (χ3v) is 12.6. The summed E-state index contributed by atoms with van der Waals surface area (Å²) in [5, 5.41) is 5.99. The molecule has 0 saturated carbocycles. The summed E-state index contributed by atoms with van der Waals surface area (Å²) >= 11 is 0. The quantitative estimate of drug-likeness (QED) is 0.0515. The van der Waals surface area contributed by atoms with Crippen LogP contribution in [0.15, 0.2) is 87.3 Å². The van der Waals surface area contributed by atoms with Crippen molar-refractivity contribution in [2.24, 2.45) is 14.1 Å². The fourth-order valence-electron chi connectivity index (χ4n) is 6.99. The Morgan fingerprint density at radius 3 is 2.00 bits per heavy atom. The van der Waals surface area contributed by atoms with Crippen LogP contribution in [0.5, 0.6) is 0 Å². The molecule has 6 rings (SSSR count). The monoisotopic (exact) mass is 860 g/mol. The Kier molecular flexibility index (Phi) is 13.0. The second kappa shape index (κ2) is 17.9. The Balaban J connectivity index is 1.14. The summed E-state index contributed by atoms with van der Waals surface area (Å²) in [6.07, 6.45) is 0.505. The molecule has 18 nitrogen and oxygen atoms in total. The molecule has 0 saturated heterocycles. The van der Waals surface area contributed by atoms with Gasteiger partial charge in [0, 0.05) is 64.2 Å². The Bertz CT molecular complexity index is 2920. The minimum absolute atomic E-state index is 0.00993. The van der Waals surface area contributed by atoms with Crippen LogP contribution in [-0.4, -0.2) is 81.5 Å². The van der Waals surface area contributed by atoms with Gasteiger partial charge in [-0.15, -0.1) is 0 Å². The molecular weight excluding hydrogens is 817 g/mol. The Hall–Kier alpha value is -6.25. The lowest BCUT2D eigenvalue weighted by Gasteiger charge is -2.24. The third-order valence-electron chi connectivity index (χ3n) is 10.1. The predicted octanol–water partition coefficient (Wildman–Crippen LogP) is 1.62. The minimum atomic E-state index is -4.48. The molecule has 6 aromatic rings. The lowest BCUT2D eigenvalue weighted by atomic mass is 10.0. The van der Waals surface area contributed by atoms with Crippen molar-refractivity contribution in [1.29, 1.82) is 0 Å². The maximum absolute atomic E-state index is 14.8. The number of aromatic amines is 1. The van der Waals surface area contributed by atoms with E-state index in [0.29, 0.717) is 40.5 Å². The van der Waals surface area contributed by atoms with Gasteiger partial charge in [0.25, 0.3) is 21.5 Å². The largest absolute Gasteiger partial charge is 0.748 e. The number of aromatic nitrogens is 5. The average molecular weight is 861 g/mol. The molecule has 3 amide bonds. The number of hydrogen-bond acceptors (Lipinski definition) is 11. The summed E-state index contributed by atoms with van der Waals surface area (Å²) in [6.45, 7) is 1.36. The maximum atomic E-state index is 14.8. The number of carbonyl (C=O) groups excluding carboxylic acids is 3. The van der Waals surface area contributed by atoms with Crippen molar-refractivity contribution in [3.8, 4) is 0 Å². The number of pyridine rings is 1. The average Bonchev–Trinajstić information content (AvgIpc) is 3.64. The maximum Gasteiger partial charge on any atom is 0.332 e. The molecule has 3 aromatic heterocycles. The second-order valence-electron chi connectivity index (χ2n) is 14.3. The SMILES string of the molecule is Cc1ccc(S(=O)(=O)N(CCCC(=O)NCNC(=O)CCCc2nc3c([nH]2)c(=O)n(C)c(=O)n3C)C(=O)c2c3ccccc3[n+](CCCS(=O)(=O)[O-])c3ccccc23)cc1. The number of aryl methyl sites for hydroxylation is 4. The summed E-state index contributed by atoms with van der Waals surface area (Å²) in [5.41, 5.74) is 1.32. The smallest absolute Gasteiger partial charge is 0.332 e. The fourth-order valence-corrected chi connectivity index (χ4v) is 8.89. The van der Waals surface area contributed by atoms with Crippen molar-refractivity contribution >= 4 is 70.8 Å². The van der Waals surface area contributed by atoms with Crippen molar-refractivity contribution in [2.75, 3.05) is 19.0 Å². The topological polar surface area (TPSA) is 246 Å². The van der Waals surface area contributed by atoms with Crippen LogP contribution in [0.1, 0.15) is 53.8 Å². The summed E-state index contributed by atoms with van der Waals surface area (Å²) in [6, 6.07) is 19.7. The number of nitrogens with one attached hydrogen (secondary N) is 3. The standard InChI is InChI=1S/C40H44N8O10S2/c1-26-18-20-27(21-19-26)60(57,58)48(38(51)35-28-11-4-6-13-30(28)47(22-10-24-59(54,55)56)31-14-7-5-12-29(31)35)23-9-17-34(50)42-25-41-33(49)16-8-15-32-43-36-37(44-32)45(2)40(53)46(3)39(36)52/h4-7,11-14,18-21H,8-10,15-17,22-25H2,1-3H3,(H3-,41,42,43,44,49,50,52,54,55,56). The van der Waals surface area contributed by atoms with Gasteiger partial charge >= 0.3 is 5.69 Å². The lowest BCUT2D eigenvalue weighted by molar-refractivity contribution is -0.645. The molecule has 3 N–H and O–H groups in total. The first-order valence-electron chi connectivity index (χ1n) is 19.1. The van der Waals surface area contributed by atoms with Crippen LogP contribution in [0.25, 0.3) is 33.0 Å². The molecule has 3 heterocycles. The number of fused-ring (bicyclic) bond motifs is 3. The molecular formula is C40H44N8O10S2. The van der Waals surface area contributed by atoms with E-state index < -0.39 is 49.0 Å². The van der Waals surface area contributed by atoms with E-state index in [0.717, 1.165) is 14.4 Å². The van der Waals surface area contributed by atoms with E-state index in [1.807, 2.05) is 0 Å². The number of carbonyl (C=O) groups is 3. The molecule has 3 aromatic carbocycles. The first-order valence-corrected chi connectivity index (χ1v) is 22.1. The number of benzene rings is 3. The van der Waals surface area contributed by atoms with Crippen LogP contribution in [-0.2, 0) is 56.8 Å². The van der Waals surface area contributed by atoms with Crippen molar-refractivity contribution < 1.29 is 40.3 Å². The number of para-hydroxylation sites is 2. The van der Waals surface area contributed by atoms with Crippen molar-refractivity contribution in [3.05, 3.63) is 111 Å². The fraction of sp³-hybridized carbons (Fsp3) is 0.325. The van der Waals surface area contributed by atoms with E-state index in [2.05, 4.69) is 20.6 Å². The Morgan fingerprint density at radius 2 is 1.40 bits per heavy atom. The predicted molar refractivity (Wildman–Crippen MR) is 220 cm³/mol. The highest BCUT2D eigenvalue weighted by molar-refractivity contribution is 7.89. The van der Waals surface area contributed by atoms with E-state index >= 15 is 0 Å². The molecule has 0 aliphatic rings. The van der Waals surface area contributed by atoms with Crippen LogP contribution in [0.2, 0.25) is 0 Å². The zero-order valence-corrected chi connectivity index (χ0v) is 34.8. The van der Waals surface area contributed by atoms with Gasteiger partial charge in [-0.1, -0.05) is 42.0 Å². The van der Waals surface area contributed by atoms with Gasteiger partial charge in [0.2, 0.25) is 22.8 Å². The number of amides is 3. The first kappa shape index (κ1) is 43.3. The van der Waals surface area contributed by atoms with Gasteiger partial charge in [-0.05, 0) is 44.0 Å². The molecule has 0 aliphatic heterocycles. The number of sulfonamides is 1. The second-order valence-corrected chi connectivity index (χ2v) is 17.7. The Morgan fingerprint density at radius 1 is 0.817 bits per heavy atom. The third kappa shape index (κ3) is 9.45. The number of nitrogens with zero attached hydrogens (tertiary/aromatic N) is 5. The van der Waals surface area contributed by atoms with E-state index in [9.17, 15) is 45.4 Å². The molecule has 0 bridgehead atoms. The van der Waals surface area contributed by atoms with Gasteiger partial charge in [0.15, 0.2) is 12.2 Å². The van der Waals surface area contributed by atoms with Crippen LogP contribution < -0.4 is 26.4 Å². The molecule has 0 radical (unpaired) electrons. The van der Waals surface area contributed by atoms with Gasteiger partial charge in [-0.2, -0.15) is 4.57 Å².